The second-order valence-corrected chi connectivity index (χ2v) is 8.53. The third kappa shape index (κ3) is 4.57. The Balaban J connectivity index is 1.38. The molecule has 1 aromatic heterocycles. The highest BCUT2D eigenvalue weighted by atomic mass is 16.5. The first-order chi connectivity index (χ1) is 15.5. The molecule has 0 spiro atoms. The van der Waals surface area contributed by atoms with Crippen LogP contribution < -0.4 is 4.74 Å². The van der Waals surface area contributed by atoms with Gasteiger partial charge in [-0.3, -0.25) is 4.79 Å². The van der Waals surface area contributed by atoms with E-state index >= 15 is 0 Å². The Kier molecular flexibility index (Phi) is 6.63. The Morgan fingerprint density at radius 3 is 2.69 bits per heavy atom. The van der Waals surface area contributed by atoms with E-state index in [-0.39, 0.29) is 17.8 Å². The molecule has 0 bridgehead atoms. The molecule has 4 rings (SSSR count). The van der Waals surface area contributed by atoms with E-state index in [2.05, 4.69) is 36.2 Å². The molecular formula is C27H31NO4. The monoisotopic (exact) mass is 433 g/mol. The summed E-state index contributed by atoms with van der Waals surface area (Å²) in [6.45, 7) is 6.59. The lowest BCUT2D eigenvalue weighted by molar-refractivity contribution is -0.146. The van der Waals surface area contributed by atoms with Gasteiger partial charge in [0.15, 0.2) is 0 Å². The summed E-state index contributed by atoms with van der Waals surface area (Å²) >= 11 is 0. The first kappa shape index (κ1) is 22.1. The number of fused-ring (bicyclic) bond motifs is 1. The van der Waals surface area contributed by atoms with Crippen LogP contribution in [0.5, 0.6) is 5.75 Å². The second-order valence-electron chi connectivity index (χ2n) is 8.53. The van der Waals surface area contributed by atoms with Crippen molar-refractivity contribution in [1.29, 1.82) is 0 Å². The van der Waals surface area contributed by atoms with Gasteiger partial charge in [-0.2, -0.15) is 0 Å². The van der Waals surface area contributed by atoms with Gasteiger partial charge in [0, 0.05) is 12.0 Å². The maximum atomic E-state index is 12.2. The van der Waals surface area contributed by atoms with Crippen molar-refractivity contribution in [1.82, 2.24) is 4.98 Å². The van der Waals surface area contributed by atoms with Crippen LogP contribution in [-0.2, 0) is 22.4 Å². The first-order valence-electron chi connectivity index (χ1n) is 11.4. The van der Waals surface area contributed by atoms with E-state index in [1.165, 1.54) is 23.8 Å². The molecule has 5 heteroatoms. The summed E-state index contributed by atoms with van der Waals surface area (Å²) in [4.78, 5) is 16.8. The number of rotatable bonds is 8. The van der Waals surface area contributed by atoms with Crippen molar-refractivity contribution in [2.75, 3.05) is 13.7 Å². The molecule has 5 nitrogen and oxygen atoms in total. The summed E-state index contributed by atoms with van der Waals surface area (Å²) in [6.07, 6.45) is 3.41. The number of methoxy groups -OCH3 is 1. The van der Waals surface area contributed by atoms with Crippen molar-refractivity contribution < 1.29 is 18.7 Å². The number of hydrogen-bond donors (Lipinski definition) is 0. The van der Waals surface area contributed by atoms with Crippen LogP contribution in [0.25, 0.3) is 11.5 Å². The Morgan fingerprint density at radius 1 is 1.19 bits per heavy atom. The highest BCUT2D eigenvalue weighted by Gasteiger charge is 2.33. The zero-order valence-electron chi connectivity index (χ0n) is 19.3. The standard InChI is InChI=1S/C27H31NO4/c1-5-22(27(29)30-4)24-12-10-20-16-21(11-13-23(20)24)31-15-14-25-18(3)32-26(28-25)19-8-6-17(2)7-9-19/h6-9,11,13,16,22,24H,5,10,12,14-15H2,1-4H3/t22-,24+/m0/s1. The van der Waals surface area contributed by atoms with Gasteiger partial charge in [0.2, 0.25) is 5.89 Å². The molecule has 1 heterocycles. The van der Waals surface area contributed by atoms with Crippen molar-refractivity contribution in [3.63, 3.8) is 0 Å². The third-order valence-corrected chi connectivity index (χ3v) is 6.47. The van der Waals surface area contributed by atoms with Gasteiger partial charge >= 0.3 is 5.97 Å². The minimum atomic E-state index is -0.112. The van der Waals surface area contributed by atoms with Crippen LogP contribution in [0.15, 0.2) is 46.9 Å². The number of ether oxygens (including phenoxy) is 2. The number of aromatic nitrogens is 1. The van der Waals surface area contributed by atoms with Crippen molar-refractivity contribution in [2.24, 2.45) is 5.92 Å². The molecular weight excluding hydrogens is 402 g/mol. The van der Waals surface area contributed by atoms with E-state index < -0.39 is 0 Å². The number of carbonyl (C=O) groups excluding carboxylic acids is 1. The molecule has 0 saturated carbocycles. The van der Waals surface area contributed by atoms with Gasteiger partial charge < -0.3 is 13.9 Å². The van der Waals surface area contributed by atoms with Crippen molar-refractivity contribution in [3.8, 4) is 17.2 Å². The summed E-state index contributed by atoms with van der Waals surface area (Å²) in [6, 6.07) is 14.4. The number of carbonyl (C=O) groups is 1. The zero-order valence-corrected chi connectivity index (χ0v) is 19.3. The minimum absolute atomic E-state index is 0.0779. The van der Waals surface area contributed by atoms with Gasteiger partial charge in [0.1, 0.15) is 11.5 Å². The number of nitrogens with zero attached hydrogens (tertiary/aromatic N) is 1. The normalized spacial score (nSPS) is 15.9. The predicted molar refractivity (Wildman–Crippen MR) is 124 cm³/mol. The number of oxazole rings is 1. The molecule has 3 aromatic rings. The van der Waals surface area contributed by atoms with Crippen LogP contribution in [0.2, 0.25) is 0 Å². The average molecular weight is 434 g/mol. The van der Waals surface area contributed by atoms with E-state index in [0.29, 0.717) is 18.9 Å². The molecule has 2 atom stereocenters. The quantitative estimate of drug-likeness (QED) is 0.420. The largest absolute Gasteiger partial charge is 0.493 e. The maximum Gasteiger partial charge on any atom is 0.309 e. The fourth-order valence-electron chi connectivity index (χ4n) is 4.65. The molecule has 32 heavy (non-hydrogen) atoms. The summed E-state index contributed by atoms with van der Waals surface area (Å²) in [7, 11) is 1.47. The smallest absolute Gasteiger partial charge is 0.309 e. The summed E-state index contributed by atoms with van der Waals surface area (Å²) in [5.41, 5.74) is 5.64. The Labute approximate surface area is 189 Å². The minimum Gasteiger partial charge on any atom is -0.493 e. The lowest BCUT2D eigenvalue weighted by Gasteiger charge is -2.20. The summed E-state index contributed by atoms with van der Waals surface area (Å²) in [5, 5.41) is 0. The van der Waals surface area contributed by atoms with Gasteiger partial charge in [-0.25, -0.2) is 4.98 Å². The number of benzene rings is 2. The number of hydrogen-bond acceptors (Lipinski definition) is 5. The molecule has 0 N–H and O–H groups in total. The molecule has 0 fully saturated rings. The molecule has 0 radical (unpaired) electrons. The van der Waals surface area contributed by atoms with E-state index in [1.54, 1.807) is 0 Å². The van der Waals surface area contributed by atoms with E-state index in [1.807, 2.05) is 32.0 Å². The molecule has 1 aliphatic rings. The van der Waals surface area contributed by atoms with Crippen LogP contribution in [0.3, 0.4) is 0 Å². The van der Waals surface area contributed by atoms with Crippen LogP contribution >= 0.6 is 0 Å². The highest BCUT2D eigenvalue weighted by molar-refractivity contribution is 5.74. The molecule has 1 aliphatic carbocycles. The van der Waals surface area contributed by atoms with Gasteiger partial charge in [0.05, 0.1) is 25.3 Å². The van der Waals surface area contributed by atoms with Crippen LogP contribution in [0, 0.1) is 19.8 Å². The molecule has 168 valence electrons. The van der Waals surface area contributed by atoms with Crippen LogP contribution in [0.4, 0.5) is 0 Å². The molecule has 0 amide bonds. The Bertz CT molecular complexity index is 1080. The van der Waals surface area contributed by atoms with Gasteiger partial charge in [0.25, 0.3) is 0 Å². The van der Waals surface area contributed by atoms with Gasteiger partial charge in [-0.05, 0) is 74.4 Å². The van der Waals surface area contributed by atoms with Crippen LogP contribution in [-0.4, -0.2) is 24.7 Å². The van der Waals surface area contributed by atoms with Gasteiger partial charge in [-0.1, -0.05) is 30.7 Å². The fraction of sp³-hybridized carbons (Fsp3) is 0.407. The van der Waals surface area contributed by atoms with Crippen LogP contribution in [0.1, 0.15) is 53.8 Å². The summed E-state index contributed by atoms with van der Waals surface area (Å²) < 4.78 is 16.9. The maximum absolute atomic E-state index is 12.2. The lowest BCUT2D eigenvalue weighted by Crippen LogP contribution is -2.21. The lowest BCUT2D eigenvalue weighted by atomic mass is 9.85. The second kappa shape index (κ2) is 9.60. The Hall–Kier alpha value is -3.08. The molecule has 0 saturated heterocycles. The molecule has 0 unspecified atom stereocenters. The first-order valence-corrected chi connectivity index (χ1v) is 11.4. The topological polar surface area (TPSA) is 61.6 Å². The predicted octanol–water partition coefficient (Wildman–Crippen LogP) is 5.81. The van der Waals surface area contributed by atoms with Gasteiger partial charge in [-0.15, -0.1) is 0 Å². The zero-order chi connectivity index (χ0) is 22.7. The van der Waals surface area contributed by atoms with Crippen molar-refractivity contribution in [3.05, 3.63) is 70.6 Å². The fourth-order valence-corrected chi connectivity index (χ4v) is 4.65. The third-order valence-electron chi connectivity index (χ3n) is 6.47. The van der Waals surface area contributed by atoms with Crippen molar-refractivity contribution in [2.45, 2.75) is 52.4 Å². The summed E-state index contributed by atoms with van der Waals surface area (Å²) in [5.74, 6) is 2.38. The van der Waals surface area contributed by atoms with E-state index in [0.717, 1.165) is 42.0 Å². The molecule has 0 aliphatic heterocycles. The SMILES string of the molecule is CC[C@H](C(=O)OC)[C@H]1CCc2cc(OCCc3nc(-c4ccc(C)cc4)oc3C)ccc21. The molecule has 2 aromatic carbocycles. The average Bonchev–Trinajstić information content (AvgIpc) is 3.38. The van der Waals surface area contributed by atoms with Crippen molar-refractivity contribution >= 4 is 5.97 Å². The highest BCUT2D eigenvalue weighted by Crippen LogP contribution is 2.41. The Morgan fingerprint density at radius 2 is 1.97 bits per heavy atom. The van der Waals surface area contributed by atoms with E-state index in [9.17, 15) is 4.79 Å². The number of esters is 1. The number of aryl methyl sites for hydroxylation is 3. The van der Waals surface area contributed by atoms with E-state index in [4.69, 9.17) is 13.9 Å².